The van der Waals surface area contributed by atoms with Crippen LogP contribution in [-0.2, 0) is 10.5 Å². The topological polar surface area (TPSA) is 29.5 Å². The maximum Gasteiger partial charge on any atom is 0.0863 e. The molecular formula is C12H18O2S. The summed E-state index contributed by atoms with van der Waals surface area (Å²) in [7, 11) is 1.61. The highest BCUT2D eigenvalue weighted by Crippen LogP contribution is 2.14. The lowest BCUT2D eigenvalue weighted by Gasteiger charge is -2.08. The number of methoxy groups -OCH3 is 1. The van der Waals surface area contributed by atoms with E-state index in [-0.39, 0.29) is 6.10 Å². The highest BCUT2D eigenvalue weighted by Gasteiger charge is 2.03. The Balaban J connectivity index is 2.25. The van der Waals surface area contributed by atoms with Gasteiger partial charge in [0.25, 0.3) is 0 Å². The zero-order valence-electron chi connectivity index (χ0n) is 9.27. The second-order valence-corrected chi connectivity index (χ2v) is 4.64. The molecule has 0 saturated carbocycles. The zero-order chi connectivity index (χ0) is 11.1. The van der Waals surface area contributed by atoms with Gasteiger partial charge in [0, 0.05) is 18.6 Å². The first-order valence-corrected chi connectivity index (χ1v) is 6.18. The molecule has 1 atom stereocenters. The second-order valence-electron chi connectivity index (χ2n) is 3.61. The molecule has 0 aliphatic rings. The molecule has 0 radical (unpaired) electrons. The molecule has 1 aromatic carbocycles. The average molecular weight is 226 g/mol. The number of rotatable bonds is 6. The smallest absolute Gasteiger partial charge is 0.0863 e. The number of hydrogen-bond acceptors (Lipinski definition) is 3. The van der Waals surface area contributed by atoms with Gasteiger partial charge in [0.15, 0.2) is 0 Å². The zero-order valence-corrected chi connectivity index (χ0v) is 10.1. The monoisotopic (exact) mass is 226 g/mol. The van der Waals surface area contributed by atoms with E-state index in [1.807, 2.05) is 0 Å². The lowest BCUT2D eigenvalue weighted by molar-refractivity contribution is 0.0794. The number of aliphatic hydroxyl groups is 1. The summed E-state index contributed by atoms with van der Waals surface area (Å²) >= 11 is 1.73. The first kappa shape index (κ1) is 12.6. The summed E-state index contributed by atoms with van der Waals surface area (Å²) in [5, 5.41) is 9.44. The quantitative estimate of drug-likeness (QED) is 0.806. The number of thioether (sulfide) groups is 1. The molecule has 0 amide bonds. The van der Waals surface area contributed by atoms with E-state index in [0.717, 1.165) is 11.5 Å². The normalized spacial score (nSPS) is 12.7. The molecule has 1 unspecified atom stereocenters. The van der Waals surface area contributed by atoms with E-state index in [1.54, 1.807) is 18.9 Å². The van der Waals surface area contributed by atoms with Crippen molar-refractivity contribution in [2.75, 3.05) is 19.5 Å². The SMILES string of the molecule is COCC(O)CSCc1cccc(C)c1. The van der Waals surface area contributed by atoms with Gasteiger partial charge in [-0.1, -0.05) is 29.8 Å². The molecule has 0 aromatic heterocycles. The van der Waals surface area contributed by atoms with Crippen LogP contribution in [0.3, 0.4) is 0 Å². The van der Waals surface area contributed by atoms with Gasteiger partial charge in [-0.05, 0) is 12.5 Å². The first-order valence-electron chi connectivity index (χ1n) is 5.02. The summed E-state index contributed by atoms with van der Waals surface area (Å²) in [5.74, 6) is 1.67. The largest absolute Gasteiger partial charge is 0.390 e. The van der Waals surface area contributed by atoms with Crippen LogP contribution in [0.1, 0.15) is 11.1 Å². The van der Waals surface area contributed by atoms with Crippen molar-refractivity contribution >= 4 is 11.8 Å². The van der Waals surface area contributed by atoms with Gasteiger partial charge in [-0.25, -0.2) is 0 Å². The Morgan fingerprint density at radius 2 is 2.27 bits per heavy atom. The predicted molar refractivity (Wildman–Crippen MR) is 65.2 cm³/mol. The van der Waals surface area contributed by atoms with Gasteiger partial charge in [0.2, 0.25) is 0 Å². The predicted octanol–water partition coefficient (Wildman–Crippen LogP) is 2.24. The molecule has 2 nitrogen and oxygen atoms in total. The van der Waals surface area contributed by atoms with Gasteiger partial charge in [-0.2, -0.15) is 11.8 Å². The molecule has 0 fully saturated rings. The van der Waals surface area contributed by atoms with Gasteiger partial charge >= 0.3 is 0 Å². The molecule has 0 saturated heterocycles. The Morgan fingerprint density at radius 1 is 1.47 bits per heavy atom. The Kier molecular flexibility index (Phi) is 5.76. The van der Waals surface area contributed by atoms with E-state index in [0.29, 0.717) is 6.61 Å². The maximum atomic E-state index is 9.44. The summed E-state index contributed by atoms with van der Waals surface area (Å²) in [6.45, 7) is 2.51. The molecule has 0 heterocycles. The summed E-state index contributed by atoms with van der Waals surface area (Å²) < 4.78 is 4.86. The van der Waals surface area contributed by atoms with Crippen LogP contribution in [0.5, 0.6) is 0 Å². The fourth-order valence-electron chi connectivity index (χ4n) is 1.36. The molecule has 1 rings (SSSR count). The van der Waals surface area contributed by atoms with E-state index in [1.165, 1.54) is 11.1 Å². The second kappa shape index (κ2) is 6.88. The van der Waals surface area contributed by atoms with E-state index < -0.39 is 0 Å². The number of benzene rings is 1. The van der Waals surface area contributed by atoms with Crippen molar-refractivity contribution < 1.29 is 9.84 Å². The Bertz CT molecular complexity index is 289. The minimum absolute atomic E-state index is 0.357. The Morgan fingerprint density at radius 3 is 2.93 bits per heavy atom. The minimum Gasteiger partial charge on any atom is -0.390 e. The van der Waals surface area contributed by atoms with Crippen LogP contribution < -0.4 is 0 Å². The minimum atomic E-state index is -0.357. The van der Waals surface area contributed by atoms with Gasteiger partial charge in [-0.15, -0.1) is 0 Å². The van der Waals surface area contributed by atoms with Crippen LogP contribution in [-0.4, -0.2) is 30.7 Å². The average Bonchev–Trinajstić information content (AvgIpc) is 2.18. The summed E-state index contributed by atoms with van der Waals surface area (Å²) in [4.78, 5) is 0. The molecule has 0 aliphatic heterocycles. The van der Waals surface area contributed by atoms with Crippen LogP contribution in [0.2, 0.25) is 0 Å². The van der Waals surface area contributed by atoms with Gasteiger partial charge < -0.3 is 9.84 Å². The van der Waals surface area contributed by atoms with Crippen molar-refractivity contribution in [1.29, 1.82) is 0 Å². The third kappa shape index (κ3) is 5.21. The highest BCUT2D eigenvalue weighted by molar-refractivity contribution is 7.98. The molecule has 3 heteroatoms. The first-order chi connectivity index (χ1) is 7.22. The lowest BCUT2D eigenvalue weighted by atomic mass is 10.2. The number of aliphatic hydroxyl groups excluding tert-OH is 1. The Labute approximate surface area is 95.7 Å². The van der Waals surface area contributed by atoms with Crippen LogP contribution in [0.4, 0.5) is 0 Å². The lowest BCUT2D eigenvalue weighted by Crippen LogP contribution is -2.16. The molecule has 84 valence electrons. The van der Waals surface area contributed by atoms with E-state index in [9.17, 15) is 5.11 Å². The van der Waals surface area contributed by atoms with E-state index in [4.69, 9.17) is 4.74 Å². The van der Waals surface area contributed by atoms with Gasteiger partial charge in [0.1, 0.15) is 0 Å². The van der Waals surface area contributed by atoms with Gasteiger partial charge in [0.05, 0.1) is 12.7 Å². The highest BCUT2D eigenvalue weighted by atomic mass is 32.2. The fraction of sp³-hybridized carbons (Fsp3) is 0.500. The molecular weight excluding hydrogens is 208 g/mol. The standard InChI is InChI=1S/C12H18O2S/c1-10-4-3-5-11(6-10)8-15-9-12(13)7-14-2/h3-6,12-13H,7-9H2,1-2H3. The van der Waals surface area contributed by atoms with Crippen molar-refractivity contribution in [2.45, 2.75) is 18.8 Å². The maximum absolute atomic E-state index is 9.44. The van der Waals surface area contributed by atoms with Crippen LogP contribution >= 0.6 is 11.8 Å². The van der Waals surface area contributed by atoms with Crippen molar-refractivity contribution in [2.24, 2.45) is 0 Å². The Hall–Kier alpha value is -0.510. The summed E-state index contributed by atoms with van der Waals surface area (Å²) in [5.41, 5.74) is 2.59. The van der Waals surface area contributed by atoms with Crippen molar-refractivity contribution in [3.63, 3.8) is 0 Å². The fourth-order valence-corrected chi connectivity index (χ4v) is 2.26. The van der Waals surface area contributed by atoms with Crippen molar-refractivity contribution in [1.82, 2.24) is 0 Å². The van der Waals surface area contributed by atoms with E-state index >= 15 is 0 Å². The number of aryl methyl sites for hydroxylation is 1. The molecule has 15 heavy (non-hydrogen) atoms. The third-order valence-electron chi connectivity index (χ3n) is 2.02. The summed E-state index contributed by atoms with van der Waals surface area (Å²) in [6, 6.07) is 8.45. The van der Waals surface area contributed by atoms with Crippen LogP contribution in [0.15, 0.2) is 24.3 Å². The van der Waals surface area contributed by atoms with Gasteiger partial charge in [-0.3, -0.25) is 0 Å². The van der Waals surface area contributed by atoms with Crippen molar-refractivity contribution in [3.05, 3.63) is 35.4 Å². The molecule has 0 aliphatic carbocycles. The molecule has 1 aromatic rings. The van der Waals surface area contributed by atoms with E-state index in [2.05, 4.69) is 31.2 Å². The number of hydrogen-bond donors (Lipinski definition) is 1. The number of ether oxygens (including phenoxy) is 1. The summed E-state index contributed by atoms with van der Waals surface area (Å²) in [6.07, 6.45) is -0.357. The molecule has 1 N–H and O–H groups in total. The molecule has 0 spiro atoms. The van der Waals surface area contributed by atoms with Crippen LogP contribution in [0.25, 0.3) is 0 Å². The van der Waals surface area contributed by atoms with Crippen LogP contribution in [0, 0.1) is 6.92 Å². The molecule has 0 bridgehead atoms. The third-order valence-corrected chi connectivity index (χ3v) is 3.18. The van der Waals surface area contributed by atoms with Crippen molar-refractivity contribution in [3.8, 4) is 0 Å².